The molecule has 1 aliphatic heterocycles. The molecule has 0 spiro atoms. The molecule has 0 saturated carbocycles. The highest BCUT2D eigenvalue weighted by Crippen LogP contribution is 2.45. The number of benzene rings is 2. The van der Waals surface area contributed by atoms with Gasteiger partial charge in [0.25, 0.3) is 0 Å². The van der Waals surface area contributed by atoms with Gasteiger partial charge < -0.3 is 20.2 Å². The Morgan fingerprint density at radius 2 is 1.59 bits per heavy atom. The molecule has 0 bridgehead atoms. The molecule has 10 heteroatoms. The standard InChI is InChI=1S/C22H20F6N2O2/c23-21(24,25)13-10-15(22(26,27)28)19-14(3-1-2-6-29)20(30-16(19)11-13)12-4-5-17-18(9-12)32-8-7-31-17/h4-5,9-11,30H,1-3,6-8,29H2. The molecule has 172 valence electrons. The van der Waals surface area contributed by atoms with Crippen molar-refractivity contribution in [3.05, 3.63) is 47.0 Å². The summed E-state index contributed by atoms with van der Waals surface area (Å²) in [5.41, 5.74) is 3.74. The smallest absolute Gasteiger partial charge is 0.417 e. The lowest BCUT2D eigenvalue weighted by atomic mass is 9.95. The highest BCUT2D eigenvalue weighted by atomic mass is 19.4. The number of nitrogens with two attached hydrogens (primary N) is 1. The van der Waals surface area contributed by atoms with Crippen molar-refractivity contribution in [2.24, 2.45) is 5.73 Å². The maximum Gasteiger partial charge on any atom is 0.417 e. The van der Waals surface area contributed by atoms with E-state index in [0.29, 0.717) is 60.9 Å². The van der Waals surface area contributed by atoms with Crippen molar-refractivity contribution in [1.29, 1.82) is 0 Å². The number of alkyl halides is 6. The first-order valence-electron chi connectivity index (χ1n) is 10.0. The Balaban J connectivity index is 1.97. The number of unbranched alkanes of at least 4 members (excludes halogenated alkanes) is 1. The van der Waals surface area contributed by atoms with Gasteiger partial charge in [0.1, 0.15) is 13.2 Å². The van der Waals surface area contributed by atoms with Crippen LogP contribution in [0.3, 0.4) is 0 Å². The van der Waals surface area contributed by atoms with Gasteiger partial charge in [0.15, 0.2) is 11.5 Å². The molecule has 3 N–H and O–H groups in total. The number of aryl methyl sites for hydroxylation is 1. The van der Waals surface area contributed by atoms with Gasteiger partial charge in [0.05, 0.1) is 11.1 Å². The monoisotopic (exact) mass is 458 g/mol. The number of halogens is 6. The number of aromatic amines is 1. The van der Waals surface area contributed by atoms with E-state index in [-0.39, 0.29) is 23.4 Å². The zero-order valence-corrected chi connectivity index (χ0v) is 16.8. The Labute approximate surface area is 179 Å². The minimum absolute atomic E-state index is 0.177. The predicted molar refractivity (Wildman–Crippen MR) is 107 cm³/mol. The molecule has 1 aliphatic rings. The molecule has 0 aliphatic carbocycles. The van der Waals surface area contributed by atoms with Gasteiger partial charge in [-0.1, -0.05) is 0 Å². The summed E-state index contributed by atoms with van der Waals surface area (Å²) < 4.78 is 92.6. The summed E-state index contributed by atoms with van der Waals surface area (Å²) in [7, 11) is 0. The SMILES string of the molecule is NCCCCc1c(-c2ccc3c(c2)OCCO3)[nH]c2cc(C(F)(F)F)cc(C(F)(F)F)c12. The van der Waals surface area contributed by atoms with Gasteiger partial charge >= 0.3 is 12.4 Å². The molecule has 0 unspecified atom stereocenters. The molecule has 0 saturated heterocycles. The Kier molecular flexibility index (Phi) is 5.74. The van der Waals surface area contributed by atoms with Crippen LogP contribution in [0.25, 0.3) is 22.2 Å². The fourth-order valence-electron chi connectivity index (χ4n) is 3.93. The Morgan fingerprint density at radius 3 is 2.25 bits per heavy atom. The molecule has 0 fully saturated rings. The van der Waals surface area contributed by atoms with Gasteiger partial charge in [-0.05, 0) is 61.7 Å². The normalized spacial score (nSPS) is 14.2. The molecule has 2 heterocycles. The quantitative estimate of drug-likeness (QED) is 0.368. The topological polar surface area (TPSA) is 60.3 Å². The van der Waals surface area contributed by atoms with E-state index >= 15 is 0 Å². The van der Waals surface area contributed by atoms with Crippen LogP contribution in [0.4, 0.5) is 26.3 Å². The second kappa shape index (κ2) is 8.23. The van der Waals surface area contributed by atoms with Crippen molar-refractivity contribution in [3.63, 3.8) is 0 Å². The molecule has 2 aromatic carbocycles. The van der Waals surface area contributed by atoms with E-state index in [9.17, 15) is 26.3 Å². The number of rotatable bonds is 5. The number of H-pyrrole nitrogens is 1. The highest BCUT2D eigenvalue weighted by molar-refractivity contribution is 5.94. The second-order valence-electron chi connectivity index (χ2n) is 7.52. The van der Waals surface area contributed by atoms with Gasteiger partial charge in [0.2, 0.25) is 0 Å². The summed E-state index contributed by atoms with van der Waals surface area (Å²) >= 11 is 0. The molecule has 1 aromatic heterocycles. The average Bonchev–Trinajstić information content (AvgIpc) is 3.10. The van der Waals surface area contributed by atoms with Crippen molar-refractivity contribution in [3.8, 4) is 22.8 Å². The van der Waals surface area contributed by atoms with Gasteiger partial charge in [-0.3, -0.25) is 0 Å². The minimum atomic E-state index is -4.96. The van der Waals surface area contributed by atoms with E-state index in [1.807, 2.05) is 0 Å². The summed E-state index contributed by atoms with van der Waals surface area (Å²) in [5.74, 6) is 0.920. The van der Waals surface area contributed by atoms with Crippen LogP contribution < -0.4 is 15.2 Å². The maximum absolute atomic E-state index is 13.9. The van der Waals surface area contributed by atoms with E-state index < -0.39 is 23.5 Å². The van der Waals surface area contributed by atoms with Crippen LogP contribution in [0, 0.1) is 0 Å². The summed E-state index contributed by atoms with van der Waals surface area (Å²) in [6.07, 6.45) is -8.62. The van der Waals surface area contributed by atoms with Gasteiger partial charge in [-0.25, -0.2) is 0 Å². The summed E-state index contributed by atoms with van der Waals surface area (Å²) in [6, 6.07) is 5.78. The van der Waals surface area contributed by atoms with Crippen LogP contribution in [0.1, 0.15) is 29.5 Å². The van der Waals surface area contributed by atoms with Crippen molar-refractivity contribution in [2.45, 2.75) is 31.6 Å². The molecule has 3 aromatic rings. The summed E-state index contributed by atoms with van der Waals surface area (Å²) in [6.45, 7) is 1.05. The highest BCUT2D eigenvalue weighted by Gasteiger charge is 2.39. The number of hydrogen-bond donors (Lipinski definition) is 2. The molecular formula is C22H20F6N2O2. The largest absolute Gasteiger partial charge is 0.486 e. The molecule has 0 radical (unpaired) electrons. The zero-order valence-electron chi connectivity index (χ0n) is 16.8. The van der Waals surface area contributed by atoms with Gasteiger partial charge in [-0.15, -0.1) is 0 Å². The van der Waals surface area contributed by atoms with Crippen LogP contribution >= 0.6 is 0 Å². The third-order valence-electron chi connectivity index (χ3n) is 5.35. The fourth-order valence-corrected chi connectivity index (χ4v) is 3.93. The second-order valence-corrected chi connectivity index (χ2v) is 7.52. The zero-order chi connectivity index (χ0) is 23.1. The Bertz CT molecular complexity index is 1130. The molecule has 4 nitrogen and oxygen atoms in total. The summed E-state index contributed by atoms with van der Waals surface area (Å²) in [5, 5.41) is -0.257. The molecular weight excluding hydrogens is 438 g/mol. The number of hydrogen-bond acceptors (Lipinski definition) is 3. The number of aromatic nitrogens is 1. The Hall–Kier alpha value is -2.88. The van der Waals surface area contributed by atoms with Crippen LogP contribution in [0.5, 0.6) is 11.5 Å². The molecule has 0 atom stereocenters. The third kappa shape index (κ3) is 4.23. The van der Waals surface area contributed by atoms with E-state index in [1.54, 1.807) is 18.2 Å². The van der Waals surface area contributed by atoms with E-state index in [1.165, 1.54) is 0 Å². The van der Waals surface area contributed by atoms with Crippen LogP contribution in [-0.4, -0.2) is 24.7 Å². The minimum Gasteiger partial charge on any atom is -0.486 e. The first-order chi connectivity index (χ1) is 15.1. The van der Waals surface area contributed by atoms with Gasteiger partial charge in [-0.2, -0.15) is 26.3 Å². The number of fused-ring (bicyclic) bond motifs is 2. The fraction of sp³-hybridized carbons (Fsp3) is 0.364. The lowest BCUT2D eigenvalue weighted by Crippen LogP contribution is -2.15. The predicted octanol–water partition coefficient (Wildman–Crippen LogP) is 5.93. The van der Waals surface area contributed by atoms with Crippen molar-refractivity contribution < 1.29 is 35.8 Å². The number of ether oxygens (including phenoxy) is 2. The van der Waals surface area contributed by atoms with Gasteiger partial charge in [0, 0.05) is 22.2 Å². The van der Waals surface area contributed by atoms with E-state index in [0.717, 1.165) is 6.07 Å². The van der Waals surface area contributed by atoms with Crippen molar-refractivity contribution >= 4 is 10.9 Å². The lowest BCUT2D eigenvalue weighted by Gasteiger charge is -2.19. The third-order valence-corrected chi connectivity index (χ3v) is 5.35. The van der Waals surface area contributed by atoms with Crippen molar-refractivity contribution in [2.75, 3.05) is 19.8 Å². The lowest BCUT2D eigenvalue weighted by molar-refractivity contribution is -0.142. The van der Waals surface area contributed by atoms with E-state index in [4.69, 9.17) is 15.2 Å². The summed E-state index contributed by atoms with van der Waals surface area (Å²) in [4.78, 5) is 2.81. The van der Waals surface area contributed by atoms with Crippen molar-refractivity contribution in [1.82, 2.24) is 4.98 Å². The van der Waals surface area contributed by atoms with Crippen LogP contribution in [0.15, 0.2) is 30.3 Å². The van der Waals surface area contributed by atoms with E-state index in [2.05, 4.69) is 4.98 Å². The van der Waals surface area contributed by atoms with Crippen LogP contribution in [-0.2, 0) is 18.8 Å². The maximum atomic E-state index is 13.9. The molecule has 32 heavy (non-hydrogen) atoms. The Morgan fingerprint density at radius 1 is 0.875 bits per heavy atom. The molecule has 4 rings (SSSR count). The molecule has 0 amide bonds. The average molecular weight is 458 g/mol. The van der Waals surface area contributed by atoms with Crippen LogP contribution in [0.2, 0.25) is 0 Å². The number of nitrogens with one attached hydrogen (secondary N) is 1. The first kappa shape index (κ1) is 22.3. The first-order valence-corrected chi connectivity index (χ1v) is 10.0.